The van der Waals surface area contributed by atoms with E-state index in [4.69, 9.17) is 4.84 Å². The molecule has 0 amide bonds. The van der Waals surface area contributed by atoms with Crippen LogP contribution in [0.4, 0.5) is 0 Å². The van der Waals surface area contributed by atoms with Crippen LogP contribution < -0.4 is 11.2 Å². The van der Waals surface area contributed by atoms with E-state index < -0.39 is 11.2 Å². The first-order valence-electron chi connectivity index (χ1n) is 4.53. The van der Waals surface area contributed by atoms with Crippen LogP contribution in [-0.2, 0) is 4.84 Å². The molecule has 0 atom stereocenters. The quantitative estimate of drug-likeness (QED) is 0.553. The third kappa shape index (κ3) is 3.08. The third-order valence-electron chi connectivity index (χ3n) is 1.61. The van der Waals surface area contributed by atoms with Crippen molar-refractivity contribution in [2.45, 2.75) is 26.9 Å². The predicted octanol–water partition coefficient (Wildman–Crippen LogP) is 0.212. The molecule has 15 heavy (non-hydrogen) atoms. The van der Waals surface area contributed by atoms with E-state index in [1.54, 1.807) is 6.92 Å². The maximum Gasteiger partial charge on any atom is 0.325 e. The van der Waals surface area contributed by atoms with Gasteiger partial charge in [0.2, 0.25) is 0 Å². The minimum Gasteiger partial charge on any atom is -0.393 e. The molecule has 0 aliphatic rings. The average molecular weight is 211 g/mol. The van der Waals surface area contributed by atoms with E-state index in [-0.39, 0.29) is 11.7 Å². The number of nitrogens with one attached hydrogen (secondary N) is 2. The fraction of sp³-hybridized carbons (Fsp3) is 0.444. The van der Waals surface area contributed by atoms with Crippen molar-refractivity contribution in [3.63, 3.8) is 0 Å². The van der Waals surface area contributed by atoms with E-state index >= 15 is 0 Å². The summed E-state index contributed by atoms with van der Waals surface area (Å²) in [7, 11) is 0. The Kier molecular flexibility index (Phi) is 3.43. The Morgan fingerprint density at radius 1 is 1.47 bits per heavy atom. The van der Waals surface area contributed by atoms with Crippen molar-refractivity contribution in [3.8, 4) is 0 Å². The maximum absolute atomic E-state index is 11.3. The van der Waals surface area contributed by atoms with Crippen LogP contribution >= 0.6 is 0 Å². The molecule has 82 valence electrons. The van der Waals surface area contributed by atoms with Gasteiger partial charge in [-0.2, -0.15) is 0 Å². The fourth-order valence-corrected chi connectivity index (χ4v) is 0.912. The van der Waals surface area contributed by atoms with Gasteiger partial charge in [-0.3, -0.25) is 9.78 Å². The van der Waals surface area contributed by atoms with Crippen molar-refractivity contribution in [1.29, 1.82) is 0 Å². The molecule has 1 aromatic heterocycles. The molecule has 0 saturated heterocycles. The summed E-state index contributed by atoms with van der Waals surface area (Å²) in [6.07, 6.45) is 1.26. The smallest absolute Gasteiger partial charge is 0.325 e. The summed E-state index contributed by atoms with van der Waals surface area (Å²) in [5.74, 6) is 0. The lowest BCUT2D eigenvalue weighted by molar-refractivity contribution is 0.0860. The van der Waals surface area contributed by atoms with Crippen LogP contribution in [0.25, 0.3) is 0 Å². The highest BCUT2D eigenvalue weighted by Gasteiger charge is 2.04. The van der Waals surface area contributed by atoms with Crippen molar-refractivity contribution in [2.75, 3.05) is 0 Å². The molecule has 0 spiro atoms. The number of hydrogen-bond donors (Lipinski definition) is 2. The number of oxime groups is 1. The van der Waals surface area contributed by atoms with E-state index in [1.807, 2.05) is 13.8 Å². The van der Waals surface area contributed by atoms with Gasteiger partial charge in [-0.05, 0) is 20.8 Å². The predicted molar refractivity (Wildman–Crippen MR) is 56.1 cm³/mol. The van der Waals surface area contributed by atoms with Crippen LogP contribution in [0.15, 0.2) is 20.9 Å². The van der Waals surface area contributed by atoms with E-state index in [9.17, 15) is 9.59 Å². The van der Waals surface area contributed by atoms with Crippen molar-refractivity contribution in [1.82, 2.24) is 9.97 Å². The van der Waals surface area contributed by atoms with Crippen molar-refractivity contribution in [3.05, 3.63) is 32.6 Å². The second-order valence-corrected chi connectivity index (χ2v) is 3.32. The van der Waals surface area contributed by atoms with Crippen molar-refractivity contribution < 1.29 is 4.84 Å². The lowest BCUT2D eigenvalue weighted by atomic mass is 10.2. The van der Waals surface area contributed by atoms with E-state index in [2.05, 4.69) is 15.1 Å². The van der Waals surface area contributed by atoms with Crippen LogP contribution in [0.5, 0.6) is 0 Å². The molecular formula is C9H13N3O3. The minimum atomic E-state index is -0.540. The summed E-state index contributed by atoms with van der Waals surface area (Å²) in [4.78, 5) is 31.5. The zero-order chi connectivity index (χ0) is 11.4. The Hall–Kier alpha value is -1.85. The van der Waals surface area contributed by atoms with Crippen LogP contribution in [0, 0.1) is 0 Å². The topological polar surface area (TPSA) is 87.3 Å². The Balaban J connectivity index is 3.01. The number of nitrogens with zero attached hydrogens (tertiary/aromatic N) is 1. The lowest BCUT2D eigenvalue weighted by Gasteiger charge is -2.03. The Bertz CT molecular complexity index is 470. The van der Waals surface area contributed by atoms with Crippen LogP contribution in [-0.4, -0.2) is 21.8 Å². The third-order valence-corrected chi connectivity index (χ3v) is 1.61. The molecule has 1 aromatic rings. The summed E-state index contributed by atoms with van der Waals surface area (Å²) in [6.45, 7) is 5.28. The molecule has 0 aliphatic heterocycles. The molecule has 6 heteroatoms. The first-order valence-corrected chi connectivity index (χ1v) is 4.53. The van der Waals surface area contributed by atoms with E-state index in [1.165, 1.54) is 6.20 Å². The van der Waals surface area contributed by atoms with Gasteiger partial charge in [-0.1, -0.05) is 5.16 Å². The molecule has 6 nitrogen and oxygen atoms in total. The monoisotopic (exact) mass is 211 g/mol. The standard InChI is InChI=1S/C9H13N3O3/c1-5(2)15-12-6(3)7-4-10-9(14)11-8(7)13/h4-5H,1-3H3,(H2,10,11,13,14). The molecule has 0 saturated carbocycles. The Morgan fingerprint density at radius 2 is 2.13 bits per heavy atom. The SMILES string of the molecule is CC(=NOC(C)C)c1c[nH]c(=O)[nH]c1=O. The summed E-state index contributed by atoms with van der Waals surface area (Å²) < 4.78 is 0. The van der Waals surface area contributed by atoms with E-state index in [0.29, 0.717) is 5.71 Å². The van der Waals surface area contributed by atoms with Crippen molar-refractivity contribution >= 4 is 5.71 Å². The van der Waals surface area contributed by atoms with Crippen LogP contribution in [0.3, 0.4) is 0 Å². The van der Waals surface area contributed by atoms with Crippen LogP contribution in [0.2, 0.25) is 0 Å². The molecule has 0 unspecified atom stereocenters. The Labute approximate surface area is 86.0 Å². The average Bonchev–Trinajstić information content (AvgIpc) is 2.14. The number of aromatic nitrogens is 2. The molecule has 1 heterocycles. The summed E-state index contributed by atoms with van der Waals surface area (Å²) in [5.41, 5.74) is -0.315. The minimum absolute atomic E-state index is 0.0539. The van der Waals surface area contributed by atoms with Gasteiger partial charge in [0.25, 0.3) is 5.56 Å². The highest BCUT2D eigenvalue weighted by atomic mass is 16.6. The van der Waals surface area contributed by atoms with Gasteiger partial charge in [-0.15, -0.1) is 0 Å². The summed E-state index contributed by atoms with van der Waals surface area (Å²) in [6, 6.07) is 0. The van der Waals surface area contributed by atoms with Gasteiger partial charge in [0, 0.05) is 6.20 Å². The van der Waals surface area contributed by atoms with Gasteiger partial charge in [0.15, 0.2) is 0 Å². The fourth-order valence-electron chi connectivity index (χ4n) is 0.912. The zero-order valence-corrected chi connectivity index (χ0v) is 8.83. The summed E-state index contributed by atoms with van der Waals surface area (Å²) in [5, 5.41) is 3.76. The molecule has 1 rings (SSSR count). The molecule has 0 aliphatic carbocycles. The van der Waals surface area contributed by atoms with Gasteiger partial charge < -0.3 is 9.82 Å². The first-order chi connectivity index (χ1) is 7.00. The van der Waals surface area contributed by atoms with Crippen molar-refractivity contribution in [2.24, 2.45) is 5.16 Å². The zero-order valence-electron chi connectivity index (χ0n) is 8.83. The van der Waals surface area contributed by atoms with Gasteiger partial charge in [-0.25, -0.2) is 4.79 Å². The second-order valence-electron chi connectivity index (χ2n) is 3.32. The number of hydrogen-bond acceptors (Lipinski definition) is 4. The van der Waals surface area contributed by atoms with E-state index in [0.717, 1.165) is 0 Å². The molecule has 0 radical (unpaired) electrons. The number of aromatic amines is 2. The van der Waals surface area contributed by atoms with Crippen LogP contribution in [0.1, 0.15) is 26.3 Å². The van der Waals surface area contributed by atoms with Gasteiger partial charge in [0.1, 0.15) is 6.10 Å². The van der Waals surface area contributed by atoms with Gasteiger partial charge in [0.05, 0.1) is 11.3 Å². The molecule has 0 bridgehead atoms. The second kappa shape index (κ2) is 4.59. The normalized spacial score (nSPS) is 11.9. The molecular weight excluding hydrogens is 198 g/mol. The summed E-state index contributed by atoms with van der Waals surface area (Å²) >= 11 is 0. The molecule has 2 N–H and O–H groups in total. The number of H-pyrrole nitrogens is 2. The molecule has 0 aromatic carbocycles. The Morgan fingerprint density at radius 3 is 2.67 bits per heavy atom. The lowest BCUT2D eigenvalue weighted by Crippen LogP contribution is -2.26. The first kappa shape index (κ1) is 11.2. The number of rotatable bonds is 3. The largest absolute Gasteiger partial charge is 0.393 e. The highest BCUT2D eigenvalue weighted by Crippen LogP contribution is 1.94. The molecule has 0 fully saturated rings. The van der Waals surface area contributed by atoms with Gasteiger partial charge >= 0.3 is 5.69 Å². The maximum atomic E-state index is 11.3. The highest BCUT2D eigenvalue weighted by molar-refractivity contribution is 5.97.